The van der Waals surface area contributed by atoms with Crippen LogP contribution in [0.15, 0.2) is 42.7 Å². The van der Waals surface area contributed by atoms with Gasteiger partial charge < -0.3 is 0 Å². The van der Waals surface area contributed by atoms with Crippen molar-refractivity contribution in [1.82, 2.24) is 9.97 Å². The molecule has 0 aliphatic rings. The third-order valence-corrected chi connectivity index (χ3v) is 3.85. The highest BCUT2D eigenvalue weighted by Crippen LogP contribution is 2.25. The molecule has 0 saturated carbocycles. The molecule has 0 atom stereocenters. The predicted molar refractivity (Wildman–Crippen MR) is 80.4 cm³/mol. The van der Waals surface area contributed by atoms with Crippen LogP contribution in [0.25, 0.3) is 22.0 Å². The Morgan fingerprint density at radius 1 is 0.947 bits per heavy atom. The summed E-state index contributed by atoms with van der Waals surface area (Å²) in [6, 6.07) is 11.5. The summed E-state index contributed by atoms with van der Waals surface area (Å²) < 4.78 is 0. The molecule has 3 radical (unpaired) electrons. The van der Waals surface area contributed by atoms with Crippen LogP contribution >= 0.6 is 23.2 Å². The second kappa shape index (κ2) is 4.93. The summed E-state index contributed by atoms with van der Waals surface area (Å²) in [5.74, 6) is 0. The highest BCUT2D eigenvalue weighted by molar-refractivity contribution is 6.38. The predicted octanol–water partition coefficient (Wildman–Crippen LogP) is 3.40. The van der Waals surface area contributed by atoms with Gasteiger partial charge in [0.15, 0.2) is 0 Å². The molecule has 0 N–H and O–H groups in total. The van der Waals surface area contributed by atoms with E-state index >= 15 is 0 Å². The lowest BCUT2D eigenvalue weighted by molar-refractivity contribution is 1.22. The summed E-state index contributed by atoms with van der Waals surface area (Å²) in [7, 11) is 3.62. The molecule has 0 amide bonds. The number of hydrogen-bond acceptors (Lipinski definition) is 2. The average molecular weight is 302 g/mol. The molecule has 0 spiro atoms. The Kier molecular flexibility index (Phi) is 3.27. The van der Waals surface area contributed by atoms with E-state index in [1.54, 1.807) is 0 Å². The molecule has 91 valence electrons. The molecule has 3 rings (SSSR count). The molecule has 5 heteroatoms. The maximum absolute atomic E-state index is 6.11. The van der Waals surface area contributed by atoms with Gasteiger partial charge in [0.1, 0.15) is 11.5 Å². The maximum atomic E-state index is 6.11. The van der Waals surface area contributed by atoms with E-state index < -0.39 is 0 Å². The first kappa shape index (κ1) is 12.6. The van der Waals surface area contributed by atoms with Gasteiger partial charge in [0, 0.05) is 10.4 Å². The van der Waals surface area contributed by atoms with Gasteiger partial charge in [-0.05, 0) is 35.4 Å². The van der Waals surface area contributed by atoms with Gasteiger partial charge in [0.05, 0.1) is 15.8 Å². The van der Waals surface area contributed by atoms with Crippen molar-refractivity contribution in [2.45, 2.75) is 0 Å². The smallest absolute Gasteiger partial charge is 0.140 e. The van der Waals surface area contributed by atoms with Gasteiger partial charge in [0.25, 0.3) is 0 Å². The zero-order chi connectivity index (χ0) is 13.4. The molecule has 19 heavy (non-hydrogen) atoms. The highest BCUT2D eigenvalue weighted by Gasteiger charge is 2.08. The van der Waals surface area contributed by atoms with Gasteiger partial charge in [0.2, 0.25) is 0 Å². The van der Waals surface area contributed by atoms with Crippen LogP contribution in [0.4, 0.5) is 0 Å². The van der Waals surface area contributed by atoms with Crippen molar-refractivity contribution in [3.05, 3.63) is 52.9 Å². The fourth-order valence-corrected chi connectivity index (χ4v) is 2.61. The highest BCUT2D eigenvalue weighted by atomic mass is 35.5. The van der Waals surface area contributed by atoms with Crippen molar-refractivity contribution in [1.29, 1.82) is 0 Å². The molecule has 0 saturated heterocycles. The van der Waals surface area contributed by atoms with Crippen molar-refractivity contribution in [3.8, 4) is 11.1 Å². The van der Waals surface area contributed by atoms with E-state index in [1.807, 2.05) is 36.4 Å². The minimum absolute atomic E-state index is 0.451. The lowest BCUT2D eigenvalue weighted by atomic mass is 10.0. The minimum Gasteiger partial charge on any atom is -0.236 e. The molecular weight excluding hydrogens is 295 g/mol. The van der Waals surface area contributed by atoms with Crippen LogP contribution in [0.3, 0.4) is 0 Å². The van der Waals surface area contributed by atoms with Crippen LogP contribution in [-0.4, -0.2) is 20.2 Å². The summed E-state index contributed by atoms with van der Waals surface area (Å²) in [4.78, 5) is 8.21. The monoisotopic (exact) mass is 301 g/mol. The topological polar surface area (TPSA) is 25.8 Å². The van der Waals surface area contributed by atoms with Crippen molar-refractivity contribution < 1.29 is 0 Å². The lowest BCUT2D eigenvalue weighted by Crippen LogP contribution is -2.07. The fourth-order valence-electron chi connectivity index (χ4n) is 1.94. The molecule has 0 aliphatic carbocycles. The van der Waals surface area contributed by atoms with Gasteiger partial charge in [-0.3, -0.25) is 0 Å². The van der Waals surface area contributed by atoms with Crippen molar-refractivity contribution >= 4 is 49.5 Å². The van der Waals surface area contributed by atoms with Crippen LogP contribution in [0.5, 0.6) is 0 Å². The second-order valence-corrected chi connectivity index (χ2v) is 5.42. The first-order valence-corrected chi connectivity index (χ1v) is 6.82. The number of fused-ring (bicyclic) bond motifs is 1. The average Bonchev–Trinajstić information content (AvgIpc) is 2.40. The van der Waals surface area contributed by atoms with Crippen molar-refractivity contribution in [2.75, 3.05) is 0 Å². The number of aromatic nitrogens is 2. The fraction of sp³-hybridized carbons (Fsp3) is 0. The Bertz CT molecular complexity index is 757. The largest absolute Gasteiger partial charge is 0.236 e. The third kappa shape index (κ3) is 2.37. The third-order valence-electron chi connectivity index (χ3n) is 2.88. The van der Waals surface area contributed by atoms with Crippen LogP contribution in [0.2, 0.25) is 10.2 Å². The van der Waals surface area contributed by atoms with Crippen LogP contribution in [0, 0.1) is 0 Å². The molecule has 3 aromatic rings. The van der Waals surface area contributed by atoms with E-state index in [4.69, 9.17) is 23.2 Å². The molecule has 0 unspecified atom stereocenters. The SMILES string of the molecule is [Si]c1cc2ncnc(Cl)c2cc1-c1ccc(Cl)cc1. The second-order valence-electron chi connectivity index (χ2n) is 4.09. The van der Waals surface area contributed by atoms with Gasteiger partial charge in [-0.1, -0.05) is 40.5 Å². The lowest BCUT2D eigenvalue weighted by Gasteiger charge is -2.09. The van der Waals surface area contributed by atoms with Crippen molar-refractivity contribution in [3.63, 3.8) is 0 Å². The number of hydrogen-bond donors (Lipinski definition) is 0. The van der Waals surface area contributed by atoms with E-state index in [1.165, 1.54) is 6.33 Å². The van der Waals surface area contributed by atoms with Gasteiger partial charge >= 0.3 is 0 Å². The van der Waals surface area contributed by atoms with E-state index in [9.17, 15) is 0 Å². The molecule has 1 aromatic heterocycles. The maximum Gasteiger partial charge on any atom is 0.140 e. The number of benzene rings is 2. The Morgan fingerprint density at radius 3 is 2.42 bits per heavy atom. The molecule has 2 nitrogen and oxygen atoms in total. The van der Waals surface area contributed by atoms with Gasteiger partial charge in [-0.2, -0.15) is 0 Å². The Hall–Kier alpha value is -1.42. The quantitative estimate of drug-likeness (QED) is 0.508. The molecule has 1 heterocycles. The Labute approximate surface area is 123 Å². The summed E-state index contributed by atoms with van der Waals surface area (Å²) >= 11 is 12.0. The van der Waals surface area contributed by atoms with Gasteiger partial charge in [-0.25, -0.2) is 9.97 Å². The van der Waals surface area contributed by atoms with Crippen LogP contribution < -0.4 is 5.19 Å². The normalized spacial score (nSPS) is 10.9. The summed E-state index contributed by atoms with van der Waals surface area (Å²) in [5, 5.41) is 2.94. The molecule has 2 aromatic carbocycles. The minimum atomic E-state index is 0.451. The first-order chi connectivity index (χ1) is 9.15. The zero-order valence-corrected chi connectivity index (χ0v) is 12.2. The summed E-state index contributed by atoms with van der Waals surface area (Å²) in [6.07, 6.45) is 1.46. The molecular formula is C14H7Cl2N2Si. The summed E-state index contributed by atoms with van der Waals surface area (Å²) in [6.45, 7) is 0. The zero-order valence-electron chi connectivity index (χ0n) is 9.69. The first-order valence-electron chi connectivity index (χ1n) is 5.57. The van der Waals surface area contributed by atoms with E-state index in [-0.39, 0.29) is 0 Å². The Morgan fingerprint density at radius 2 is 1.68 bits per heavy atom. The van der Waals surface area contributed by atoms with E-state index in [0.29, 0.717) is 10.2 Å². The van der Waals surface area contributed by atoms with E-state index in [0.717, 1.165) is 27.2 Å². The standard InChI is InChI=1S/C14H7Cl2N2Si/c15-9-3-1-8(2-4-9)10-5-11-12(6-13(10)19)17-7-18-14(11)16/h1-7H. The number of nitrogens with zero attached hydrogens (tertiary/aromatic N) is 2. The molecule has 0 aliphatic heterocycles. The molecule has 0 bridgehead atoms. The molecule has 0 fully saturated rings. The summed E-state index contributed by atoms with van der Waals surface area (Å²) in [5.41, 5.74) is 2.89. The van der Waals surface area contributed by atoms with Crippen LogP contribution in [0.1, 0.15) is 0 Å². The van der Waals surface area contributed by atoms with E-state index in [2.05, 4.69) is 20.2 Å². The van der Waals surface area contributed by atoms with Crippen LogP contribution in [-0.2, 0) is 0 Å². The number of halogens is 2. The van der Waals surface area contributed by atoms with Gasteiger partial charge in [-0.15, -0.1) is 0 Å². The Balaban J connectivity index is 2.26. The van der Waals surface area contributed by atoms with Crippen molar-refractivity contribution in [2.24, 2.45) is 0 Å². The number of rotatable bonds is 1.